The molecule has 0 radical (unpaired) electrons. The first kappa shape index (κ1) is 28.9. The third-order valence-corrected chi connectivity index (χ3v) is 8.42. The van der Waals surface area contributed by atoms with Gasteiger partial charge in [0.15, 0.2) is 14.4 Å². The van der Waals surface area contributed by atoms with E-state index in [1.54, 1.807) is 13.8 Å². The Labute approximate surface area is 154 Å². The van der Waals surface area contributed by atoms with Gasteiger partial charge in [-0.1, -0.05) is 62.3 Å². The molecule has 7 heteroatoms. The van der Waals surface area contributed by atoms with Gasteiger partial charge in [-0.15, -0.1) is 0 Å². The summed E-state index contributed by atoms with van der Waals surface area (Å²) in [4.78, 5) is 20.9. The Bertz CT molecular complexity index is 386. The molecule has 0 saturated carbocycles. The third kappa shape index (κ3) is 12.1. The second kappa shape index (κ2) is 12.4. The van der Waals surface area contributed by atoms with Crippen molar-refractivity contribution in [3.8, 4) is 0 Å². The summed E-state index contributed by atoms with van der Waals surface area (Å²) >= 11 is 0. The number of hydrogen-bond donors (Lipinski definition) is 3. The number of carboxylic acids is 2. The average molecular weight is 381 g/mol. The Morgan fingerprint density at radius 3 is 1.36 bits per heavy atom. The van der Waals surface area contributed by atoms with E-state index in [0.717, 1.165) is 0 Å². The lowest BCUT2D eigenvalue weighted by atomic mass is 10.1. The normalized spacial score (nSPS) is 14.0. The molecular formula is C18H40O6Si. The van der Waals surface area contributed by atoms with Crippen LogP contribution in [-0.2, 0) is 14.0 Å². The first-order chi connectivity index (χ1) is 11.0. The molecule has 3 N–H and O–H groups in total. The highest BCUT2D eigenvalue weighted by atomic mass is 28.4. The van der Waals surface area contributed by atoms with E-state index in [-0.39, 0.29) is 16.9 Å². The lowest BCUT2D eigenvalue weighted by Crippen LogP contribution is -2.47. The van der Waals surface area contributed by atoms with Crippen molar-refractivity contribution in [2.75, 3.05) is 0 Å². The summed E-state index contributed by atoms with van der Waals surface area (Å²) < 4.78 is 5.86. The maximum Gasteiger partial charge on any atom is 0.332 e. The highest BCUT2D eigenvalue weighted by Gasteiger charge is 2.41. The smallest absolute Gasteiger partial charge is 0.332 e. The number of aliphatic hydroxyl groups excluding tert-OH is 1. The highest BCUT2D eigenvalue weighted by Crippen LogP contribution is 2.38. The zero-order valence-corrected chi connectivity index (χ0v) is 18.9. The molecule has 0 spiro atoms. The van der Waals surface area contributed by atoms with Gasteiger partial charge in [0.05, 0.1) is 0 Å². The van der Waals surface area contributed by atoms with Crippen molar-refractivity contribution < 1.29 is 29.3 Å². The van der Waals surface area contributed by atoms with Crippen molar-refractivity contribution in [3.63, 3.8) is 0 Å². The monoisotopic (exact) mass is 380 g/mol. The summed E-state index contributed by atoms with van der Waals surface area (Å²) in [5, 5.41) is 25.8. The Hall–Kier alpha value is -0.923. The summed E-state index contributed by atoms with van der Waals surface area (Å²) in [7, 11) is -1.97. The van der Waals surface area contributed by atoms with E-state index in [1.165, 1.54) is 0 Å². The van der Waals surface area contributed by atoms with E-state index in [1.807, 2.05) is 27.7 Å². The van der Waals surface area contributed by atoms with Gasteiger partial charge in [0.1, 0.15) is 6.10 Å². The molecule has 25 heavy (non-hydrogen) atoms. The van der Waals surface area contributed by atoms with E-state index in [0.29, 0.717) is 0 Å². The molecule has 0 rings (SSSR count). The minimum absolute atomic E-state index is 0.0108. The molecule has 0 heterocycles. The van der Waals surface area contributed by atoms with Crippen molar-refractivity contribution in [1.29, 1.82) is 0 Å². The second-order valence-corrected chi connectivity index (χ2v) is 12.7. The Morgan fingerprint density at radius 2 is 1.24 bits per heavy atom. The molecule has 152 valence electrons. The van der Waals surface area contributed by atoms with Crippen LogP contribution in [0.5, 0.6) is 0 Å². The van der Waals surface area contributed by atoms with Crippen molar-refractivity contribution in [1.82, 2.24) is 0 Å². The van der Waals surface area contributed by atoms with Gasteiger partial charge in [-0.2, -0.15) is 0 Å². The Morgan fingerprint density at radius 1 is 0.880 bits per heavy atom. The molecule has 0 aliphatic heterocycles. The van der Waals surface area contributed by atoms with Gasteiger partial charge in [0.25, 0.3) is 0 Å². The van der Waals surface area contributed by atoms with Crippen LogP contribution in [0.3, 0.4) is 0 Å². The Kier molecular flexibility index (Phi) is 14.4. The summed E-state index contributed by atoms with van der Waals surface area (Å²) in [5.74, 6) is -2.20. The standard InChI is InChI=1S/C11H24O3Si.C5H10O3.C2H6/c1-8(2)9(10(12)13)14-15(6,7)11(3,4)5;1-3(2)4(6)5(7)8;1-2/h8-9H,1-7H3,(H,12,13);3-4,6H,1-2H3,(H,7,8);1-2H3/t9-;4-;/m00./s1. The maximum atomic E-state index is 11.0. The summed E-state index contributed by atoms with van der Waals surface area (Å²) in [5.41, 5.74) is 0. The van der Waals surface area contributed by atoms with Crippen molar-refractivity contribution in [2.45, 2.75) is 92.7 Å². The molecule has 0 aliphatic rings. The van der Waals surface area contributed by atoms with Crippen molar-refractivity contribution in [2.24, 2.45) is 11.8 Å². The van der Waals surface area contributed by atoms with Crippen molar-refractivity contribution >= 4 is 20.3 Å². The van der Waals surface area contributed by atoms with Gasteiger partial charge in [0, 0.05) is 0 Å². The first-order valence-electron chi connectivity index (χ1n) is 8.86. The van der Waals surface area contributed by atoms with Crippen LogP contribution in [0.25, 0.3) is 0 Å². The number of carboxylic acid groups (broad SMARTS) is 2. The third-order valence-electron chi connectivity index (χ3n) is 3.96. The lowest BCUT2D eigenvalue weighted by Gasteiger charge is -2.39. The van der Waals surface area contributed by atoms with Gasteiger partial charge in [0.2, 0.25) is 0 Å². The zero-order valence-electron chi connectivity index (χ0n) is 17.9. The highest BCUT2D eigenvalue weighted by molar-refractivity contribution is 6.74. The number of aliphatic carboxylic acids is 2. The van der Waals surface area contributed by atoms with Crippen molar-refractivity contribution in [3.05, 3.63) is 0 Å². The molecule has 0 saturated heterocycles. The van der Waals surface area contributed by atoms with Crippen LogP contribution < -0.4 is 0 Å². The summed E-state index contributed by atoms with van der Waals surface area (Å²) in [6.07, 6.45) is -1.89. The topological polar surface area (TPSA) is 104 Å². The van der Waals surface area contributed by atoms with Crippen LogP contribution in [0.15, 0.2) is 0 Å². The predicted octanol–water partition coefficient (Wildman–Crippen LogP) is 4.23. The van der Waals surface area contributed by atoms with E-state index in [4.69, 9.17) is 19.7 Å². The summed E-state index contributed by atoms with van der Waals surface area (Å²) in [6.45, 7) is 21.5. The van der Waals surface area contributed by atoms with Crippen LogP contribution in [0.2, 0.25) is 18.1 Å². The molecule has 0 aromatic rings. The predicted molar refractivity (Wildman–Crippen MR) is 104 cm³/mol. The zero-order chi connectivity index (χ0) is 21.2. The van der Waals surface area contributed by atoms with Crippen LogP contribution in [-0.4, -0.2) is 47.8 Å². The average Bonchev–Trinajstić information content (AvgIpc) is 2.44. The van der Waals surface area contributed by atoms with Gasteiger partial charge < -0.3 is 19.7 Å². The molecule has 0 fully saturated rings. The quantitative estimate of drug-likeness (QED) is 0.596. The van der Waals surface area contributed by atoms with E-state index >= 15 is 0 Å². The number of rotatable bonds is 6. The number of hydrogen-bond acceptors (Lipinski definition) is 4. The van der Waals surface area contributed by atoms with Gasteiger partial charge in [-0.05, 0) is 30.0 Å². The Balaban J connectivity index is -0.000000408. The second-order valence-electron chi connectivity index (χ2n) is 7.91. The molecule has 0 unspecified atom stereocenters. The summed E-state index contributed by atoms with van der Waals surface area (Å²) in [6, 6.07) is 0. The molecule has 0 bridgehead atoms. The van der Waals surface area contributed by atoms with Gasteiger partial charge in [-0.3, -0.25) is 0 Å². The van der Waals surface area contributed by atoms with Crippen LogP contribution in [0.4, 0.5) is 0 Å². The fraction of sp³-hybridized carbons (Fsp3) is 0.889. The molecule has 2 atom stereocenters. The van der Waals surface area contributed by atoms with Crippen LogP contribution in [0, 0.1) is 11.8 Å². The van der Waals surface area contributed by atoms with Gasteiger partial charge >= 0.3 is 11.9 Å². The molecule has 0 aromatic heterocycles. The van der Waals surface area contributed by atoms with E-state index in [2.05, 4.69) is 33.9 Å². The fourth-order valence-corrected chi connectivity index (χ4v) is 2.61. The van der Waals surface area contributed by atoms with E-state index in [9.17, 15) is 9.59 Å². The molecular weight excluding hydrogens is 340 g/mol. The largest absolute Gasteiger partial charge is 0.479 e. The number of aliphatic hydroxyl groups is 1. The van der Waals surface area contributed by atoms with E-state index < -0.39 is 32.5 Å². The minimum Gasteiger partial charge on any atom is -0.479 e. The lowest BCUT2D eigenvalue weighted by molar-refractivity contribution is -0.149. The molecule has 0 amide bonds. The maximum absolute atomic E-state index is 11.0. The SMILES string of the molecule is CC.CC(C)[C@H](O)C(=O)O.CC(C)[C@H](O[Si](C)(C)C(C)(C)C)C(=O)O. The fourth-order valence-electron chi connectivity index (χ4n) is 1.25. The van der Waals surface area contributed by atoms with Crippen LogP contribution >= 0.6 is 0 Å². The van der Waals surface area contributed by atoms with Gasteiger partial charge in [-0.25, -0.2) is 9.59 Å². The number of carbonyl (C=O) groups is 2. The van der Waals surface area contributed by atoms with Crippen LogP contribution in [0.1, 0.15) is 62.3 Å². The minimum atomic E-state index is -1.97. The molecule has 6 nitrogen and oxygen atoms in total. The first-order valence-corrected chi connectivity index (χ1v) is 11.8. The molecule has 0 aromatic carbocycles. The molecule has 0 aliphatic carbocycles.